The van der Waals surface area contributed by atoms with E-state index in [0.29, 0.717) is 4.21 Å². The Morgan fingerprint density at radius 1 is 1.52 bits per heavy atom. The third-order valence-corrected chi connectivity index (χ3v) is 7.03. The van der Waals surface area contributed by atoms with Gasteiger partial charge < -0.3 is 9.64 Å². The summed E-state index contributed by atoms with van der Waals surface area (Å²) in [5, 5.41) is 5.75. The van der Waals surface area contributed by atoms with Crippen molar-refractivity contribution in [2.24, 2.45) is 9.50 Å². The molecular weight excluding hydrogens is 334 g/mol. The van der Waals surface area contributed by atoms with Crippen LogP contribution >= 0.6 is 11.3 Å². The Balaban J connectivity index is 2.14. The summed E-state index contributed by atoms with van der Waals surface area (Å²) in [6.07, 6.45) is 2.11. The summed E-state index contributed by atoms with van der Waals surface area (Å²) in [6, 6.07) is 1.98. The summed E-state index contributed by atoms with van der Waals surface area (Å²) < 4.78 is 22.0. The Labute approximate surface area is 142 Å². The fraction of sp³-hybridized carbons (Fsp3) is 0.667. The van der Waals surface area contributed by atoms with Gasteiger partial charge in [-0.05, 0) is 45.2 Å². The fourth-order valence-corrected chi connectivity index (χ4v) is 5.02. The first kappa shape index (κ1) is 18.2. The second kappa shape index (κ2) is 6.41. The third-order valence-electron chi connectivity index (χ3n) is 3.83. The Bertz CT molecular complexity index is 712. The molecule has 0 bridgehead atoms. The van der Waals surface area contributed by atoms with Crippen molar-refractivity contribution in [3.8, 4) is 0 Å². The van der Waals surface area contributed by atoms with Crippen LogP contribution in [0.2, 0.25) is 0 Å². The zero-order chi connectivity index (χ0) is 17.4. The first-order chi connectivity index (χ1) is 10.5. The second-order valence-electron chi connectivity index (χ2n) is 6.75. The average molecular weight is 360 g/mol. The lowest BCUT2D eigenvalue weighted by Crippen LogP contribution is -2.43. The van der Waals surface area contributed by atoms with Gasteiger partial charge in [0.2, 0.25) is 0 Å². The molecule has 1 aromatic heterocycles. The zero-order valence-corrected chi connectivity index (χ0v) is 15.9. The molecule has 0 saturated heterocycles. The monoisotopic (exact) mass is 359 g/mol. The van der Waals surface area contributed by atoms with Gasteiger partial charge in [-0.25, -0.2) is 18.5 Å². The van der Waals surface area contributed by atoms with Crippen LogP contribution < -0.4 is 5.14 Å². The van der Waals surface area contributed by atoms with Gasteiger partial charge in [0.1, 0.15) is 19.7 Å². The SMILES string of the molecule is CN=S(N)(=O)c1cc2c(s1)CC(N(C)C(=O)OC(C)(C)C)CC2. The Morgan fingerprint density at radius 3 is 2.74 bits per heavy atom. The van der Waals surface area contributed by atoms with E-state index in [9.17, 15) is 9.00 Å². The largest absolute Gasteiger partial charge is 0.444 e. The van der Waals surface area contributed by atoms with Crippen molar-refractivity contribution in [1.29, 1.82) is 0 Å². The number of amides is 1. The molecule has 2 atom stereocenters. The quantitative estimate of drug-likeness (QED) is 0.881. The van der Waals surface area contributed by atoms with Gasteiger partial charge in [0.05, 0.1) is 0 Å². The molecule has 6 nitrogen and oxygen atoms in total. The first-order valence-electron chi connectivity index (χ1n) is 7.54. The van der Waals surface area contributed by atoms with Crippen LogP contribution in [0.4, 0.5) is 4.79 Å². The lowest BCUT2D eigenvalue weighted by Gasteiger charge is -2.32. The molecule has 2 rings (SSSR count). The normalized spacial score (nSPS) is 20.3. The van der Waals surface area contributed by atoms with Gasteiger partial charge in [-0.1, -0.05) is 0 Å². The van der Waals surface area contributed by atoms with Crippen LogP contribution in [0.5, 0.6) is 0 Å². The molecular formula is C15H25N3O3S2. The van der Waals surface area contributed by atoms with E-state index >= 15 is 0 Å². The average Bonchev–Trinajstić information content (AvgIpc) is 2.88. The van der Waals surface area contributed by atoms with Crippen molar-refractivity contribution in [3.63, 3.8) is 0 Å². The van der Waals surface area contributed by atoms with Crippen LogP contribution in [0.15, 0.2) is 14.6 Å². The lowest BCUT2D eigenvalue weighted by molar-refractivity contribution is 0.0211. The van der Waals surface area contributed by atoms with Crippen LogP contribution in [0.1, 0.15) is 37.6 Å². The van der Waals surface area contributed by atoms with Crippen molar-refractivity contribution in [2.45, 2.75) is 55.9 Å². The predicted octanol–water partition coefficient (Wildman–Crippen LogP) is 2.80. The lowest BCUT2D eigenvalue weighted by atomic mass is 9.94. The van der Waals surface area contributed by atoms with Gasteiger partial charge in [-0.15, -0.1) is 11.3 Å². The molecule has 23 heavy (non-hydrogen) atoms. The van der Waals surface area contributed by atoms with E-state index in [-0.39, 0.29) is 12.1 Å². The van der Waals surface area contributed by atoms with Crippen molar-refractivity contribution in [3.05, 3.63) is 16.5 Å². The number of fused-ring (bicyclic) bond motifs is 1. The number of likely N-dealkylation sites (N-methyl/N-ethyl adjacent to an activating group) is 1. The maximum atomic E-state index is 12.2. The molecule has 130 valence electrons. The predicted molar refractivity (Wildman–Crippen MR) is 93.1 cm³/mol. The topological polar surface area (TPSA) is 85.0 Å². The van der Waals surface area contributed by atoms with Crippen molar-refractivity contribution < 1.29 is 13.7 Å². The highest BCUT2D eigenvalue weighted by Gasteiger charge is 2.30. The Morgan fingerprint density at radius 2 is 2.17 bits per heavy atom. The number of carbonyl (C=O) groups is 1. The van der Waals surface area contributed by atoms with Gasteiger partial charge in [-0.2, -0.15) is 0 Å². The fourth-order valence-electron chi connectivity index (χ4n) is 2.51. The molecule has 1 aromatic rings. The van der Waals surface area contributed by atoms with Gasteiger partial charge in [0, 0.05) is 31.4 Å². The number of hydrogen-bond acceptors (Lipinski definition) is 5. The number of rotatable bonds is 2. The Hall–Kier alpha value is -1.12. The molecule has 0 aromatic carbocycles. The van der Waals surface area contributed by atoms with Crippen LogP contribution in [0, 0.1) is 0 Å². The van der Waals surface area contributed by atoms with Gasteiger partial charge >= 0.3 is 6.09 Å². The summed E-state index contributed by atoms with van der Waals surface area (Å²) in [5.74, 6) is 0. The molecule has 1 amide bonds. The van der Waals surface area contributed by atoms with E-state index in [0.717, 1.165) is 24.1 Å². The van der Waals surface area contributed by atoms with E-state index < -0.39 is 15.5 Å². The number of hydrogen-bond donors (Lipinski definition) is 1. The molecule has 0 saturated carbocycles. The van der Waals surface area contributed by atoms with Gasteiger partial charge in [0.25, 0.3) is 0 Å². The second-order valence-corrected chi connectivity index (χ2v) is 10.1. The molecule has 1 heterocycles. The summed E-state index contributed by atoms with van der Waals surface area (Å²) in [4.78, 5) is 15.0. The molecule has 8 heteroatoms. The third kappa shape index (κ3) is 4.24. The van der Waals surface area contributed by atoms with Gasteiger partial charge in [-0.3, -0.25) is 0 Å². The summed E-state index contributed by atoms with van der Waals surface area (Å²) in [6.45, 7) is 5.57. The number of thiophene rings is 1. The van der Waals surface area contributed by atoms with Crippen LogP contribution in [-0.2, 0) is 27.5 Å². The maximum Gasteiger partial charge on any atom is 0.410 e. The summed E-state index contributed by atoms with van der Waals surface area (Å²) >= 11 is 1.44. The maximum absolute atomic E-state index is 12.2. The van der Waals surface area contributed by atoms with Crippen LogP contribution in [0.25, 0.3) is 0 Å². The van der Waals surface area contributed by atoms with E-state index in [4.69, 9.17) is 9.88 Å². The highest BCUT2D eigenvalue weighted by Crippen LogP contribution is 2.33. The number of nitrogens with two attached hydrogens (primary N) is 1. The molecule has 1 aliphatic rings. The van der Waals surface area contributed by atoms with E-state index in [1.54, 1.807) is 11.9 Å². The number of aryl methyl sites for hydroxylation is 1. The van der Waals surface area contributed by atoms with Crippen LogP contribution in [-0.4, -0.2) is 40.9 Å². The van der Waals surface area contributed by atoms with Gasteiger partial charge in [0.15, 0.2) is 0 Å². The van der Waals surface area contributed by atoms with Crippen molar-refractivity contribution in [2.75, 3.05) is 14.1 Å². The minimum Gasteiger partial charge on any atom is -0.444 e. The number of nitrogens with zero attached hydrogens (tertiary/aromatic N) is 2. The number of ether oxygens (including phenoxy) is 1. The summed E-state index contributed by atoms with van der Waals surface area (Å²) in [7, 11) is 0.460. The first-order valence-corrected chi connectivity index (χ1v) is 9.93. The standard InChI is InChI=1S/C15H25N3O3S2/c1-15(2,3)21-14(19)18(5)11-7-6-10-8-13(22-12(10)9-11)23(16,20)17-4/h8,11H,6-7,9H2,1-5H3,(H2,16,17,20). The number of carbonyl (C=O) groups excluding carboxylic acids is 1. The summed E-state index contributed by atoms with van der Waals surface area (Å²) in [5.41, 5.74) is 0.662. The minimum atomic E-state index is -2.78. The van der Waals surface area contributed by atoms with E-state index in [1.807, 2.05) is 26.8 Å². The van der Waals surface area contributed by atoms with E-state index in [1.165, 1.54) is 23.9 Å². The molecule has 1 aliphatic carbocycles. The minimum absolute atomic E-state index is 0.0799. The molecule has 0 radical (unpaired) electrons. The smallest absolute Gasteiger partial charge is 0.410 e. The van der Waals surface area contributed by atoms with Crippen molar-refractivity contribution in [1.82, 2.24) is 4.90 Å². The molecule has 2 N–H and O–H groups in total. The molecule has 0 fully saturated rings. The Kier molecular flexibility index (Phi) is 5.08. The molecule has 2 unspecified atom stereocenters. The molecule has 0 spiro atoms. The molecule has 0 aliphatic heterocycles. The zero-order valence-electron chi connectivity index (χ0n) is 14.3. The van der Waals surface area contributed by atoms with Crippen LogP contribution in [0.3, 0.4) is 0 Å². The highest BCUT2D eigenvalue weighted by atomic mass is 32.2. The highest BCUT2D eigenvalue weighted by molar-refractivity contribution is 7.93. The van der Waals surface area contributed by atoms with E-state index in [2.05, 4.69) is 4.36 Å². The van der Waals surface area contributed by atoms with Crippen molar-refractivity contribution >= 4 is 27.3 Å².